The highest BCUT2D eigenvalue weighted by molar-refractivity contribution is 5.94. The molecular formula is C31H49N5O5. The van der Waals surface area contributed by atoms with Gasteiger partial charge in [0.2, 0.25) is 18.2 Å². The molecule has 1 aromatic rings. The average Bonchev–Trinajstić information content (AvgIpc) is 3.47. The van der Waals surface area contributed by atoms with Crippen LogP contribution in [0.2, 0.25) is 0 Å². The van der Waals surface area contributed by atoms with Crippen LogP contribution in [0, 0.1) is 17.3 Å². The number of carbonyl (C=O) groups excluding carboxylic acids is 4. The molecule has 1 saturated carbocycles. The van der Waals surface area contributed by atoms with Crippen LogP contribution in [-0.4, -0.2) is 97.1 Å². The zero-order chi connectivity index (χ0) is 30.3. The van der Waals surface area contributed by atoms with Crippen LogP contribution in [0.15, 0.2) is 24.3 Å². The van der Waals surface area contributed by atoms with E-state index in [9.17, 15) is 24.4 Å². The van der Waals surface area contributed by atoms with Crippen LogP contribution in [0.4, 0.5) is 5.69 Å². The van der Waals surface area contributed by atoms with Gasteiger partial charge in [-0.3, -0.25) is 24.4 Å². The molecule has 0 unspecified atom stereocenters. The van der Waals surface area contributed by atoms with Crippen molar-refractivity contribution in [3.63, 3.8) is 0 Å². The number of rotatable bonds is 11. The number of likely N-dealkylation sites (tertiary alicyclic amines) is 1. The molecule has 1 heterocycles. The lowest BCUT2D eigenvalue weighted by molar-refractivity contribution is -0.156. The fourth-order valence-electron chi connectivity index (χ4n) is 6.02. The number of hydroxylamine groups is 2. The molecule has 1 aromatic carbocycles. The topological polar surface area (TPSA) is 114 Å². The summed E-state index contributed by atoms with van der Waals surface area (Å²) in [6.45, 7) is 6.75. The minimum absolute atomic E-state index is 0.0101. The Kier molecular flexibility index (Phi) is 11.2. The van der Waals surface area contributed by atoms with E-state index in [4.69, 9.17) is 0 Å². The lowest BCUT2D eigenvalue weighted by Crippen LogP contribution is -2.58. The molecule has 0 aromatic heterocycles. The molecule has 1 saturated heterocycles. The van der Waals surface area contributed by atoms with E-state index in [1.54, 1.807) is 11.9 Å². The van der Waals surface area contributed by atoms with Gasteiger partial charge in [0, 0.05) is 51.5 Å². The van der Waals surface area contributed by atoms with E-state index >= 15 is 0 Å². The Bertz CT molecular complexity index is 1040. The van der Waals surface area contributed by atoms with E-state index in [0.717, 1.165) is 31.4 Å². The molecule has 0 spiro atoms. The van der Waals surface area contributed by atoms with Crippen LogP contribution in [0.25, 0.3) is 0 Å². The Morgan fingerprint density at radius 1 is 1.02 bits per heavy atom. The second-order valence-electron chi connectivity index (χ2n) is 13.0. The minimum Gasteiger partial charge on any atom is -0.378 e. The van der Waals surface area contributed by atoms with E-state index in [1.807, 2.05) is 68.9 Å². The standard InChI is InChI=1S/C31H49N5O5/c1-31(2,3)27(32-28(38)24(20-36(41)21-37)19-22-9-7-8-10-22)30(40)34(6)26-15-17-35(18-16-26)29(39)23-11-13-25(14-12-23)33(4)5/h11-14,21-22,24,26-27,41H,7-10,15-20H2,1-6H3,(H,32,38)/t24-,27-/m1/s1. The molecule has 1 aliphatic carbocycles. The summed E-state index contributed by atoms with van der Waals surface area (Å²) < 4.78 is 0. The van der Waals surface area contributed by atoms with Gasteiger partial charge in [0.1, 0.15) is 6.04 Å². The Balaban J connectivity index is 1.63. The summed E-state index contributed by atoms with van der Waals surface area (Å²) in [7, 11) is 5.69. The maximum absolute atomic E-state index is 13.8. The first-order valence-electron chi connectivity index (χ1n) is 14.9. The molecule has 228 valence electrons. The van der Waals surface area contributed by atoms with Gasteiger partial charge >= 0.3 is 0 Å². The quantitative estimate of drug-likeness (QED) is 0.239. The van der Waals surface area contributed by atoms with Gasteiger partial charge in [0.25, 0.3) is 5.91 Å². The van der Waals surface area contributed by atoms with Gasteiger partial charge in [0.05, 0.1) is 12.5 Å². The second kappa shape index (κ2) is 14.2. The first-order chi connectivity index (χ1) is 19.3. The monoisotopic (exact) mass is 571 g/mol. The van der Waals surface area contributed by atoms with Crippen molar-refractivity contribution in [2.24, 2.45) is 17.3 Å². The van der Waals surface area contributed by atoms with Crippen molar-refractivity contribution in [2.75, 3.05) is 45.7 Å². The normalized spacial score (nSPS) is 18.0. The van der Waals surface area contributed by atoms with Crippen molar-refractivity contribution < 1.29 is 24.4 Å². The maximum Gasteiger partial charge on any atom is 0.253 e. The molecule has 0 radical (unpaired) electrons. The molecule has 0 bridgehead atoms. The van der Waals surface area contributed by atoms with Crippen molar-refractivity contribution in [2.45, 2.75) is 77.8 Å². The number of likely N-dealkylation sites (N-methyl/N-ethyl adjacent to an activating group) is 1. The number of amides is 4. The summed E-state index contributed by atoms with van der Waals surface area (Å²) in [4.78, 5) is 57.0. The fourth-order valence-corrected chi connectivity index (χ4v) is 6.02. The predicted octanol–water partition coefficient (Wildman–Crippen LogP) is 3.39. The molecule has 2 atom stereocenters. The van der Waals surface area contributed by atoms with Crippen molar-refractivity contribution in [1.29, 1.82) is 0 Å². The Morgan fingerprint density at radius 3 is 2.12 bits per heavy atom. The predicted molar refractivity (Wildman–Crippen MR) is 158 cm³/mol. The number of benzene rings is 1. The Labute approximate surface area is 245 Å². The molecule has 2 fully saturated rings. The van der Waals surface area contributed by atoms with Gasteiger partial charge in [-0.05, 0) is 54.9 Å². The smallest absolute Gasteiger partial charge is 0.253 e. The lowest BCUT2D eigenvalue weighted by Gasteiger charge is -2.40. The van der Waals surface area contributed by atoms with Crippen LogP contribution in [0.1, 0.15) is 76.1 Å². The number of hydrogen-bond acceptors (Lipinski definition) is 6. The number of nitrogens with one attached hydrogen (secondary N) is 1. The highest BCUT2D eigenvalue weighted by atomic mass is 16.5. The van der Waals surface area contributed by atoms with Crippen molar-refractivity contribution in [3.05, 3.63) is 29.8 Å². The first kappa shape index (κ1) is 32.4. The summed E-state index contributed by atoms with van der Waals surface area (Å²) in [6, 6.07) is 6.74. The van der Waals surface area contributed by atoms with Gasteiger partial charge in [-0.25, -0.2) is 5.06 Å². The van der Waals surface area contributed by atoms with Gasteiger partial charge in [-0.2, -0.15) is 0 Å². The third kappa shape index (κ3) is 8.67. The van der Waals surface area contributed by atoms with E-state index in [0.29, 0.717) is 55.3 Å². The van der Waals surface area contributed by atoms with Crippen LogP contribution in [-0.2, 0) is 14.4 Å². The number of nitrogens with zero attached hydrogens (tertiary/aromatic N) is 4. The summed E-state index contributed by atoms with van der Waals surface area (Å²) in [5.74, 6) is -0.733. The number of carbonyl (C=O) groups is 4. The maximum atomic E-state index is 13.8. The summed E-state index contributed by atoms with van der Waals surface area (Å²) in [5.41, 5.74) is 1.12. The lowest BCUT2D eigenvalue weighted by atomic mass is 9.84. The van der Waals surface area contributed by atoms with Gasteiger partial charge in [0.15, 0.2) is 0 Å². The van der Waals surface area contributed by atoms with Gasteiger partial charge in [-0.15, -0.1) is 0 Å². The molecule has 1 aliphatic heterocycles. The molecule has 41 heavy (non-hydrogen) atoms. The summed E-state index contributed by atoms with van der Waals surface area (Å²) >= 11 is 0. The van der Waals surface area contributed by atoms with E-state index in [2.05, 4.69) is 5.32 Å². The number of hydrogen-bond donors (Lipinski definition) is 2. The van der Waals surface area contributed by atoms with Crippen molar-refractivity contribution in [3.8, 4) is 0 Å². The Morgan fingerprint density at radius 2 is 1.61 bits per heavy atom. The van der Waals surface area contributed by atoms with Crippen LogP contribution in [0.3, 0.4) is 0 Å². The largest absolute Gasteiger partial charge is 0.378 e. The minimum atomic E-state index is -0.774. The molecule has 3 rings (SSSR count). The highest BCUT2D eigenvalue weighted by Crippen LogP contribution is 2.31. The van der Waals surface area contributed by atoms with Crippen LogP contribution in [0.5, 0.6) is 0 Å². The molecule has 2 aliphatic rings. The zero-order valence-corrected chi connectivity index (χ0v) is 25.6. The summed E-state index contributed by atoms with van der Waals surface area (Å²) in [6.07, 6.45) is 6.49. The SMILES string of the molecule is CN(C)c1ccc(C(=O)N2CCC(N(C)C(=O)[C@@H](NC(=O)[C@H](CC3CCCC3)CN(O)C=O)C(C)(C)C)CC2)cc1. The second-order valence-corrected chi connectivity index (χ2v) is 13.0. The van der Waals surface area contributed by atoms with Crippen LogP contribution >= 0.6 is 0 Å². The number of anilines is 1. The van der Waals surface area contributed by atoms with Crippen LogP contribution < -0.4 is 10.2 Å². The number of piperidine rings is 1. The van der Waals surface area contributed by atoms with Crippen molar-refractivity contribution >= 4 is 29.8 Å². The van der Waals surface area contributed by atoms with Gasteiger partial charge < -0.3 is 20.0 Å². The van der Waals surface area contributed by atoms with E-state index in [1.165, 1.54) is 0 Å². The molecular weight excluding hydrogens is 522 g/mol. The van der Waals surface area contributed by atoms with Crippen molar-refractivity contribution in [1.82, 2.24) is 20.2 Å². The zero-order valence-electron chi connectivity index (χ0n) is 25.6. The average molecular weight is 572 g/mol. The molecule has 2 N–H and O–H groups in total. The molecule has 10 heteroatoms. The van der Waals surface area contributed by atoms with E-state index in [-0.39, 0.29) is 30.3 Å². The molecule has 4 amide bonds. The Hall–Kier alpha value is -3.14. The highest BCUT2D eigenvalue weighted by Gasteiger charge is 2.39. The third-order valence-electron chi connectivity index (χ3n) is 8.67. The van der Waals surface area contributed by atoms with E-state index < -0.39 is 17.4 Å². The first-order valence-corrected chi connectivity index (χ1v) is 14.9. The molecule has 10 nitrogen and oxygen atoms in total. The van der Waals surface area contributed by atoms with Gasteiger partial charge in [-0.1, -0.05) is 46.5 Å². The summed E-state index contributed by atoms with van der Waals surface area (Å²) in [5, 5.41) is 13.4. The third-order valence-corrected chi connectivity index (χ3v) is 8.67. The fraction of sp³-hybridized carbons (Fsp3) is 0.677.